The summed E-state index contributed by atoms with van der Waals surface area (Å²) < 4.78 is 50.7. The van der Waals surface area contributed by atoms with E-state index in [9.17, 15) is 23.1 Å². The molecule has 0 spiro atoms. The van der Waals surface area contributed by atoms with Crippen LogP contribution in [0.25, 0.3) is 0 Å². The van der Waals surface area contributed by atoms with Gasteiger partial charge in [-0.1, -0.05) is 50.2 Å². The molecule has 12 heteroatoms. The van der Waals surface area contributed by atoms with Gasteiger partial charge >= 0.3 is 0 Å². The van der Waals surface area contributed by atoms with Crippen LogP contribution in [-0.2, 0) is 0 Å². The van der Waals surface area contributed by atoms with Gasteiger partial charge < -0.3 is 20.1 Å². The van der Waals surface area contributed by atoms with Gasteiger partial charge in [0.2, 0.25) is 0 Å². The summed E-state index contributed by atoms with van der Waals surface area (Å²) in [5.74, 6) is -3.99. The van der Waals surface area contributed by atoms with Crippen LogP contribution in [0.15, 0.2) is 35.2 Å². The normalized spacial score (nSPS) is 18.7. The second kappa shape index (κ2) is 17.9. The smallest absolute Gasteiger partial charge is 0.255 e. The topological polar surface area (TPSA) is 102 Å². The van der Waals surface area contributed by atoms with Crippen LogP contribution in [0.3, 0.4) is 0 Å². The number of anilines is 1. The Balaban J connectivity index is 0.000000353. The fourth-order valence-electron chi connectivity index (χ4n) is 3.65. The van der Waals surface area contributed by atoms with Gasteiger partial charge in [0.15, 0.2) is 17.5 Å². The number of carbonyl (C=O) groups excluding carboxylic acids is 1. The highest BCUT2D eigenvalue weighted by Gasteiger charge is 2.27. The molecule has 3 atom stereocenters. The highest BCUT2D eigenvalue weighted by atomic mass is 35.5. The average Bonchev–Trinajstić information content (AvgIpc) is 2.88. The highest BCUT2D eigenvalue weighted by Crippen LogP contribution is 2.30. The highest BCUT2D eigenvalue weighted by molar-refractivity contribution is 7.96. The van der Waals surface area contributed by atoms with Crippen LogP contribution in [0, 0.1) is 29.3 Å². The third kappa shape index (κ3) is 11.4. The molecular weight excluding hydrogens is 549 g/mol. The standard InChI is InChI=1S/C13H7ClF3NO2S.C9H18O.C3H9NOS/c14-8-2-1-6(3-11(8)21-20)13(19)18-7-4-9(15)12(17)10(16)5-7;1-3-8-6-4-5-7(2)9(8)10;1-6-4-2-3-5/h1-5,20H,(H,18,19);7-10H,3-6H2,1-2H3;4-5H,2-3H2,1H3. The summed E-state index contributed by atoms with van der Waals surface area (Å²) in [6, 6.07) is 5.38. The van der Waals surface area contributed by atoms with Gasteiger partial charge in [-0.15, -0.1) is 0 Å². The number of hydrogen-bond acceptors (Lipinski definition) is 7. The van der Waals surface area contributed by atoms with Crippen LogP contribution < -0.4 is 10.0 Å². The number of halogens is 4. The Hall–Kier alpha value is -1.47. The van der Waals surface area contributed by atoms with E-state index in [1.807, 2.05) is 6.26 Å². The lowest BCUT2D eigenvalue weighted by Gasteiger charge is -2.31. The van der Waals surface area contributed by atoms with Crippen LogP contribution in [0.5, 0.6) is 0 Å². The first kappa shape index (κ1) is 33.6. The molecule has 1 aliphatic carbocycles. The fraction of sp³-hybridized carbons (Fsp3) is 0.480. The molecule has 2 aromatic rings. The molecule has 6 nitrogen and oxygen atoms in total. The molecule has 0 saturated heterocycles. The summed E-state index contributed by atoms with van der Waals surface area (Å²) in [6.45, 7) is 5.24. The molecule has 0 aromatic heterocycles. The monoisotopic (exact) mass is 582 g/mol. The van der Waals surface area contributed by atoms with E-state index in [4.69, 9.17) is 21.3 Å². The van der Waals surface area contributed by atoms with Gasteiger partial charge in [-0.2, -0.15) is 0 Å². The van der Waals surface area contributed by atoms with Crippen LogP contribution in [0.1, 0.15) is 49.9 Å². The molecule has 0 aliphatic heterocycles. The van der Waals surface area contributed by atoms with Gasteiger partial charge in [-0.25, -0.2) is 13.2 Å². The largest absolute Gasteiger partial charge is 0.395 e. The Morgan fingerprint density at radius 1 is 1.16 bits per heavy atom. The number of amides is 1. The minimum absolute atomic E-state index is 0.0150. The van der Waals surface area contributed by atoms with E-state index in [1.165, 1.54) is 49.4 Å². The summed E-state index contributed by atoms with van der Waals surface area (Å²) in [7, 11) is 0. The van der Waals surface area contributed by atoms with Crippen LogP contribution in [-0.4, -0.2) is 46.2 Å². The van der Waals surface area contributed by atoms with E-state index in [2.05, 4.69) is 23.9 Å². The van der Waals surface area contributed by atoms with Gasteiger partial charge in [0.1, 0.15) is 0 Å². The van der Waals surface area contributed by atoms with Crippen molar-refractivity contribution in [2.75, 3.05) is 24.7 Å². The maximum absolute atomic E-state index is 13.0. The Morgan fingerprint density at radius 2 is 1.81 bits per heavy atom. The molecule has 3 unspecified atom stereocenters. The first-order valence-electron chi connectivity index (χ1n) is 11.7. The molecule has 2 aromatic carbocycles. The van der Waals surface area contributed by atoms with Gasteiger partial charge in [0.25, 0.3) is 5.91 Å². The van der Waals surface area contributed by atoms with Gasteiger partial charge in [0, 0.05) is 42.0 Å². The molecular formula is C25H34ClF3N2O4S2. The van der Waals surface area contributed by atoms with Gasteiger partial charge in [-0.05, 0) is 49.1 Å². The van der Waals surface area contributed by atoms with Crippen molar-refractivity contribution in [2.45, 2.75) is 50.5 Å². The minimum Gasteiger partial charge on any atom is -0.395 e. The first-order valence-corrected chi connectivity index (χ1v) is 14.1. The van der Waals surface area contributed by atoms with Crippen LogP contribution >= 0.6 is 35.6 Å². The summed E-state index contributed by atoms with van der Waals surface area (Å²) in [5, 5.41) is 20.2. The quantitative estimate of drug-likeness (QED) is 0.108. The molecule has 5 N–H and O–H groups in total. The van der Waals surface area contributed by atoms with Crippen molar-refractivity contribution >= 4 is 47.2 Å². The maximum atomic E-state index is 13.0. The summed E-state index contributed by atoms with van der Waals surface area (Å²) in [6.07, 6.45) is 6.83. The molecule has 3 rings (SSSR count). The molecule has 0 bridgehead atoms. The number of hydrogen-bond donors (Lipinski definition) is 5. The number of rotatable bonds is 7. The average molecular weight is 583 g/mol. The maximum Gasteiger partial charge on any atom is 0.255 e. The van der Waals surface area contributed by atoms with Crippen molar-refractivity contribution < 1.29 is 32.7 Å². The summed E-state index contributed by atoms with van der Waals surface area (Å²) in [5.41, 5.74) is -0.120. The van der Waals surface area contributed by atoms with E-state index >= 15 is 0 Å². The number of benzene rings is 2. The van der Waals surface area contributed by atoms with Crippen molar-refractivity contribution in [2.24, 2.45) is 11.8 Å². The van der Waals surface area contributed by atoms with Gasteiger partial charge in [-0.3, -0.25) is 9.52 Å². The Labute approximate surface area is 229 Å². The minimum atomic E-state index is -1.61. The van der Waals surface area contributed by atoms with Crippen molar-refractivity contribution in [1.29, 1.82) is 0 Å². The number of aliphatic hydroxyl groups excluding tert-OH is 2. The molecule has 0 heterocycles. The lowest BCUT2D eigenvalue weighted by molar-refractivity contribution is 0.0237. The lowest BCUT2D eigenvalue weighted by Crippen LogP contribution is -2.31. The first-order chi connectivity index (χ1) is 17.6. The summed E-state index contributed by atoms with van der Waals surface area (Å²) >= 11 is 7.64. The number of nitrogens with one attached hydrogen (secondary N) is 2. The predicted molar refractivity (Wildman–Crippen MR) is 146 cm³/mol. The lowest BCUT2D eigenvalue weighted by atomic mass is 9.78. The zero-order valence-corrected chi connectivity index (χ0v) is 23.3. The number of aliphatic hydroxyl groups is 2. The van der Waals surface area contributed by atoms with E-state index in [-0.39, 0.29) is 33.9 Å². The molecule has 208 valence electrons. The van der Waals surface area contributed by atoms with E-state index in [1.54, 1.807) is 0 Å². The Kier molecular flexibility index (Phi) is 16.3. The molecule has 37 heavy (non-hydrogen) atoms. The van der Waals surface area contributed by atoms with Crippen molar-refractivity contribution in [3.8, 4) is 0 Å². The zero-order valence-electron chi connectivity index (χ0n) is 20.9. The van der Waals surface area contributed by atoms with E-state index in [0.29, 0.717) is 42.6 Å². The second-order valence-corrected chi connectivity index (χ2v) is 10.1. The zero-order chi connectivity index (χ0) is 28.0. The van der Waals surface area contributed by atoms with E-state index < -0.39 is 23.4 Å². The molecule has 0 radical (unpaired) electrons. The third-order valence-electron chi connectivity index (χ3n) is 5.72. The molecule has 1 amide bonds. The third-order valence-corrected chi connectivity index (χ3v) is 7.19. The van der Waals surface area contributed by atoms with Crippen molar-refractivity contribution in [3.05, 3.63) is 58.4 Å². The fourth-order valence-corrected chi connectivity index (χ4v) is 4.50. The van der Waals surface area contributed by atoms with Crippen LogP contribution in [0.4, 0.5) is 18.9 Å². The Bertz CT molecular complexity index is 964. The molecule has 1 fully saturated rings. The summed E-state index contributed by atoms with van der Waals surface area (Å²) in [4.78, 5) is 12.2. The SMILES string of the molecule is CCC1CCCC(C)C1O.CSNCCO.O=C(Nc1cc(F)c(F)c(F)c1)c1ccc(Cl)c(SO)c1. The van der Waals surface area contributed by atoms with Gasteiger partial charge in [0.05, 0.1) is 22.6 Å². The van der Waals surface area contributed by atoms with Crippen molar-refractivity contribution in [1.82, 2.24) is 4.72 Å². The van der Waals surface area contributed by atoms with Crippen molar-refractivity contribution in [3.63, 3.8) is 0 Å². The van der Waals surface area contributed by atoms with Crippen LogP contribution in [0.2, 0.25) is 5.02 Å². The predicted octanol–water partition coefficient (Wildman–Crippen LogP) is 6.61. The number of carbonyl (C=O) groups is 1. The molecule has 1 saturated carbocycles. The van der Waals surface area contributed by atoms with E-state index in [0.717, 1.165) is 6.42 Å². The second-order valence-electron chi connectivity index (χ2n) is 8.33. The molecule has 1 aliphatic rings. The Morgan fingerprint density at radius 3 is 2.30 bits per heavy atom.